The van der Waals surface area contributed by atoms with Crippen LogP contribution in [0, 0.1) is 13.8 Å². The molecule has 4 heterocycles. The van der Waals surface area contributed by atoms with Gasteiger partial charge in [0, 0.05) is 25.4 Å². The van der Waals surface area contributed by atoms with Crippen LogP contribution in [0.5, 0.6) is 0 Å². The molecule has 0 radical (unpaired) electrons. The molecule has 0 saturated carbocycles. The van der Waals surface area contributed by atoms with Gasteiger partial charge in [-0.1, -0.05) is 0 Å². The predicted molar refractivity (Wildman–Crippen MR) is 96.6 cm³/mol. The van der Waals surface area contributed by atoms with Crippen LogP contribution in [-0.4, -0.2) is 53.1 Å². The second kappa shape index (κ2) is 6.57. The van der Waals surface area contributed by atoms with Crippen LogP contribution in [0.1, 0.15) is 35.9 Å². The summed E-state index contributed by atoms with van der Waals surface area (Å²) in [5.41, 5.74) is 1.60. The quantitative estimate of drug-likeness (QED) is 0.682. The Morgan fingerprint density at radius 2 is 1.93 bits per heavy atom. The average molecular weight is 392 g/mol. The highest BCUT2D eigenvalue weighted by Gasteiger charge is 2.47. The van der Waals surface area contributed by atoms with E-state index in [4.69, 9.17) is 0 Å². The lowest BCUT2D eigenvalue weighted by Crippen LogP contribution is -2.41. The summed E-state index contributed by atoms with van der Waals surface area (Å²) in [6.45, 7) is 4.01. The zero-order valence-electron chi connectivity index (χ0n) is 15.6. The smallest absolute Gasteiger partial charge is 0.327 e. The Morgan fingerprint density at radius 1 is 1.14 bits per heavy atom. The summed E-state index contributed by atoms with van der Waals surface area (Å²) in [5.74, 6) is 1.67. The number of aromatic nitrogens is 7. The monoisotopic (exact) mass is 392 g/mol. The molecule has 1 saturated heterocycles. The van der Waals surface area contributed by atoms with Gasteiger partial charge in [0.15, 0.2) is 17.3 Å². The third-order valence-electron chi connectivity index (χ3n) is 4.78. The molecule has 0 bridgehead atoms. The Labute approximate surface area is 158 Å². The van der Waals surface area contributed by atoms with Gasteiger partial charge in [-0.2, -0.15) is 22.7 Å². The molecule has 3 aromatic heterocycles. The highest BCUT2D eigenvalue weighted by Crippen LogP contribution is 2.34. The number of alkyl halides is 3. The standard InChI is InChI=1S/C17H19F3N8/c1-10-9-21-11(2)28-15(10)22-13(24-28)6-7-14-23-16(25-26(14)3)27-8-4-5-12(27)17(18,19)20/h6-7,9,12H,4-5,8H2,1-3H3/b7-6+. The molecule has 148 valence electrons. The maximum Gasteiger partial charge on any atom is 0.408 e. The van der Waals surface area contributed by atoms with E-state index < -0.39 is 12.2 Å². The van der Waals surface area contributed by atoms with Crippen molar-refractivity contribution < 1.29 is 13.2 Å². The number of hydrogen-bond donors (Lipinski definition) is 0. The second-order valence-electron chi connectivity index (χ2n) is 6.81. The molecule has 1 fully saturated rings. The number of rotatable bonds is 3. The molecule has 1 atom stereocenters. The number of anilines is 1. The van der Waals surface area contributed by atoms with Crippen molar-refractivity contribution in [2.24, 2.45) is 7.05 Å². The van der Waals surface area contributed by atoms with Crippen molar-refractivity contribution in [2.75, 3.05) is 11.4 Å². The van der Waals surface area contributed by atoms with Crippen molar-refractivity contribution in [2.45, 2.75) is 38.9 Å². The normalized spacial score (nSPS) is 18.1. The Balaban J connectivity index is 1.61. The van der Waals surface area contributed by atoms with E-state index in [1.54, 1.807) is 29.9 Å². The molecule has 1 aliphatic heterocycles. The summed E-state index contributed by atoms with van der Waals surface area (Å²) < 4.78 is 42.7. The molecule has 0 aromatic carbocycles. The first-order chi connectivity index (χ1) is 13.2. The molecule has 4 rings (SSSR count). The van der Waals surface area contributed by atoms with Crippen molar-refractivity contribution in [3.63, 3.8) is 0 Å². The van der Waals surface area contributed by atoms with Gasteiger partial charge >= 0.3 is 6.18 Å². The molecule has 0 aliphatic carbocycles. The lowest BCUT2D eigenvalue weighted by Gasteiger charge is -2.25. The first kappa shape index (κ1) is 18.4. The van der Waals surface area contributed by atoms with Crippen molar-refractivity contribution in [3.8, 4) is 0 Å². The Kier molecular flexibility index (Phi) is 4.31. The minimum absolute atomic E-state index is 0.0603. The molecule has 1 unspecified atom stereocenters. The van der Waals surface area contributed by atoms with Crippen LogP contribution in [0.4, 0.5) is 19.1 Å². The van der Waals surface area contributed by atoms with Gasteiger partial charge in [-0.3, -0.25) is 0 Å². The molecule has 0 spiro atoms. The maximum atomic E-state index is 13.2. The largest absolute Gasteiger partial charge is 0.408 e. The highest BCUT2D eigenvalue weighted by molar-refractivity contribution is 5.65. The van der Waals surface area contributed by atoms with Crippen LogP contribution >= 0.6 is 0 Å². The van der Waals surface area contributed by atoms with Crippen LogP contribution in [0.25, 0.3) is 17.8 Å². The summed E-state index contributed by atoms with van der Waals surface area (Å²) in [7, 11) is 1.64. The number of halogens is 3. The predicted octanol–water partition coefficient (Wildman–Crippen LogP) is 2.57. The number of fused-ring (bicyclic) bond motifs is 1. The van der Waals surface area contributed by atoms with Crippen LogP contribution in [0.2, 0.25) is 0 Å². The first-order valence-corrected chi connectivity index (χ1v) is 8.85. The van der Waals surface area contributed by atoms with Crippen molar-refractivity contribution in [1.29, 1.82) is 0 Å². The first-order valence-electron chi connectivity index (χ1n) is 8.85. The Bertz CT molecular complexity index is 1010. The average Bonchev–Trinajstić information content (AvgIpc) is 3.33. The third kappa shape index (κ3) is 3.20. The zero-order valence-corrected chi connectivity index (χ0v) is 15.6. The van der Waals surface area contributed by atoms with E-state index in [0.29, 0.717) is 29.5 Å². The summed E-state index contributed by atoms with van der Waals surface area (Å²) >= 11 is 0. The lowest BCUT2D eigenvalue weighted by molar-refractivity contribution is -0.146. The second-order valence-corrected chi connectivity index (χ2v) is 6.81. The molecule has 3 aromatic rings. The Morgan fingerprint density at radius 3 is 2.64 bits per heavy atom. The molecular formula is C17H19F3N8. The van der Waals surface area contributed by atoms with Crippen LogP contribution in [0.15, 0.2) is 6.20 Å². The van der Waals surface area contributed by atoms with Crippen LogP contribution in [-0.2, 0) is 7.05 Å². The van der Waals surface area contributed by atoms with Gasteiger partial charge in [-0.05, 0) is 38.8 Å². The van der Waals surface area contributed by atoms with Gasteiger partial charge in [0.1, 0.15) is 11.9 Å². The fraction of sp³-hybridized carbons (Fsp3) is 0.471. The van der Waals surface area contributed by atoms with E-state index >= 15 is 0 Å². The van der Waals surface area contributed by atoms with Gasteiger partial charge in [0.25, 0.3) is 0 Å². The third-order valence-corrected chi connectivity index (χ3v) is 4.78. The van der Waals surface area contributed by atoms with Gasteiger partial charge < -0.3 is 4.90 Å². The van der Waals surface area contributed by atoms with E-state index in [2.05, 4.69) is 25.1 Å². The summed E-state index contributed by atoms with van der Waals surface area (Å²) in [6.07, 6.45) is 1.26. The van der Waals surface area contributed by atoms with E-state index in [1.807, 2.05) is 13.8 Å². The van der Waals surface area contributed by atoms with Crippen LogP contribution in [0.3, 0.4) is 0 Å². The van der Waals surface area contributed by atoms with E-state index in [9.17, 15) is 13.2 Å². The fourth-order valence-corrected chi connectivity index (χ4v) is 3.33. The van der Waals surface area contributed by atoms with E-state index in [-0.39, 0.29) is 18.9 Å². The van der Waals surface area contributed by atoms with Crippen molar-refractivity contribution in [3.05, 3.63) is 29.2 Å². The maximum absolute atomic E-state index is 13.2. The Hall–Kier alpha value is -2.98. The summed E-state index contributed by atoms with van der Waals surface area (Å²) in [6, 6.07) is -1.54. The lowest BCUT2D eigenvalue weighted by atomic mass is 10.2. The van der Waals surface area contributed by atoms with Crippen LogP contribution < -0.4 is 4.90 Å². The molecule has 0 amide bonds. The summed E-state index contributed by atoms with van der Waals surface area (Å²) in [5, 5.41) is 8.55. The van der Waals surface area contributed by atoms with Gasteiger partial charge in [0.2, 0.25) is 5.95 Å². The van der Waals surface area contributed by atoms with Gasteiger partial charge in [-0.25, -0.2) is 14.6 Å². The minimum Gasteiger partial charge on any atom is -0.327 e. The van der Waals surface area contributed by atoms with E-state index in [0.717, 1.165) is 5.56 Å². The minimum atomic E-state index is -4.30. The molecule has 8 nitrogen and oxygen atoms in total. The number of nitrogens with zero attached hydrogens (tertiary/aromatic N) is 8. The number of aryl methyl sites for hydroxylation is 3. The van der Waals surface area contributed by atoms with E-state index in [1.165, 1.54) is 9.58 Å². The molecule has 1 aliphatic rings. The molecule has 11 heteroatoms. The summed E-state index contributed by atoms with van der Waals surface area (Å²) in [4.78, 5) is 14.2. The SMILES string of the molecule is Cc1cnc(C)n2nc(/C=C/c3nc(N4CCCC4C(F)(F)F)nn3C)nc12. The zero-order chi connectivity index (χ0) is 20.1. The molecule has 0 N–H and O–H groups in total. The highest BCUT2D eigenvalue weighted by atomic mass is 19.4. The van der Waals surface area contributed by atoms with Gasteiger partial charge in [0.05, 0.1) is 0 Å². The molecular weight excluding hydrogens is 373 g/mol. The topological polar surface area (TPSA) is 77.0 Å². The number of hydrogen-bond acceptors (Lipinski definition) is 6. The molecule has 28 heavy (non-hydrogen) atoms. The van der Waals surface area contributed by atoms with Crippen molar-refractivity contribution in [1.82, 2.24) is 34.3 Å². The van der Waals surface area contributed by atoms with Crippen molar-refractivity contribution >= 4 is 23.7 Å². The fourth-order valence-electron chi connectivity index (χ4n) is 3.33. The van der Waals surface area contributed by atoms with Gasteiger partial charge in [-0.15, -0.1) is 10.2 Å².